The van der Waals surface area contributed by atoms with Crippen LogP contribution < -0.4 is 4.90 Å². The van der Waals surface area contributed by atoms with E-state index in [9.17, 15) is 13.2 Å². The molecule has 2 aromatic rings. The van der Waals surface area contributed by atoms with Crippen LogP contribution in [-0.2, 0) is 0 Å². The van der Waals surface area contributed by atoms with Crippen LogP contribution in [0.15, 0.2) is 18.5 Å². The van der Waals surface area contributed by atoms with E-state index in [1.54, 1.807) is 6.20 Å². The van der Waals surface area contributed by atoms with E-state index in [1.165, 1.54) is 0 Å². The maximum Gasteiger partial charge on any atom is 0.441 e. The molecule has 2 aromatic heterocycles. The molecule has 0 aromatic carbocycles. The number of nitrogens with zero attached hydrogens (tertiary/aromatic N) is 3. The zero-order valence-electron chi connectivity index (χ0n) is 13.3. The molecule has 0 saturated carbocycles. The van der Waals surface area contributed by atoms with Gasteiger partial charge in [0, 0.05) is 42.5 Å². The van der Waals surface area contributed by atoms with Gasteiger partial charge in [0.2, 0.25) is 0 Å². The molecular weight excluding hydrogens is 359 g/mol. The number of fused-ring (bicyclic) bond motifs is 1. The molecule has 1 saturated heterocycles. The monoisotopic (exact) mass is 375 g/mol. The van der Waals surface area contributed by atoms with Gasteiger partial charge in [-0.1, -0.05) is 37.2 Å². The summed E-state index contributed by atoms with van der Waals surface area (Å²) >= 11 is 6.08. The van der Waals surface area contributed by atoms with Crippen LogP contribution >= 0.6 is 23.4 Å². The van der Waals surface area contributed by atoms with Crippen LogP contribution in [0.25, 0.3) is 10.8 Å². The molecule has 0 unspecified atom stereocenters. The molecule has 0 aliphatic carbocycles. The molecule has 1 aliphatic rings. The van der Waals surface area contributed by atoms with E-state index in [-0.39, 0.29) is 23.4 Å². The first-order valence-electron chi connectivity index (χ1n) is 7.64. The quantitative estimate of drug-likeness (QED) is 0.695. The van der Waals surface area contributed by atoms with Crippen molar-refractivity contribution in [2.75, 3.05) is 23.7 Å². The number of thioether (sulfide) groups is 1. The summed E-state index contributed by atoms with van der Waals surface area (Å²) in [6, 6.07) is 1.83. The van der Waals surface area contributed by atoms with Crippen LogP contribution in [0.3, 0.4) is 0 Å². The molecule has 130 valence electrons. The van der Waals surface area contributed by atoms with Gasteiger partial charge in [-0.2, -0.15) is 13.2 Å². The lowest BCUT2D eigenvalue weighted by Crippen LogP contribution is -2.48. The highest BCUT2D eigenvalue weighted by molar-refractivity contribution is 8.00. The molecule has 0 N–H and O–H groups in total. The number of hydrogen-bond donors (Lipinski definition) is 0. The van der Waals surface area contributed by atoms with Crippen LogP contribution in [0.2, 0.25) is 5.15 Å². The second kappa shape index (κ2) is 6.59. The van der Waals surface area contributed by atoms with Crippen LogP contribution in [-0.4, -0.2) is 34.3 Å². The van der Waals surface area contributed by atoms with Gasteiger partial charge in [-0.15, -0.1) is 0 Å². The third-order valence-electron chi connectivity index (χ3n) is 4.11. The molecular formula is C16H17ClF3N3S. The average Bonchev–Trinajstić information content (AvgIpc) is 2.43. The summed E-state index contributed by atoms with van der Waals surface area (Å²) in [5.74, 6) is 1.18. The second-order valence-corrected chi connectivity index (χ2v) is 7.74. The predicted octanol–water partition coefficient (Wildman–Crippen LogP) is 5.10. The number of rotatable bonds is 4. The minimum atomic E-state index is -4.16. The first-order valence-corrected chi connectivity index (χ1v) is 9.00. The summed E-state index contributed by atoms with van der Waals surface area (Å²) in [6.45, 7) is 5.32. The van der Waals surface area contributed by atoms with E-state index in [2.05, 4.69) is 23.8 Å². The van der Waals surface area contributed by atoms with Crippen molar-refractivity contribution in [1.82, 2.24) is 9.97 Å². The van der Waals surface area contributed by atoms with Gasteiger partial charge in [-0.25, -0.2) is 9.97 Å². The van der Waals surface area contributed by atoms with Gasteiger partial charge >= 0.3 is 5.51 Å². The Balaban J connectivity index is 1.81. The molecule has 0 atom stereocenters. The molecule has 0 spiro atoms. The smallest absolute Gasteiger partial charge is 0.355 e. The van der Waals surface area contributed by atoms with Gasteiger partial charge in [0.25, 0.3) is 0 Å². The number of pyridine rings is 2. The molecule has 8 heteroatoms. The van der Waals surface area contributed by atoms with Gasteiger partial charge < -0.3 is 4.90 Å². The van der Waals surface area contributed by atoms with Gasteiger partial charge in [0.15, 0.2) is 0 Å². The fourth-order valence-corrected chi connectivity index (χ4v) is 3.68. The van der Waals surface area contributed by atoms with E-state index in [0.29, 0.717) is 24.2 Å². The molecule has 24 heavy (non-hydrogen) atoms. The number of halogens is 4. The highest BCUT2D eigenvalue weighted by Gasteiger charge is 2.35. The highest BCUT2D eigenvalue weighted by atomic mass is 35.5. The molecule has 1 aliphatic heterocycles. The van der Waals surface area contributed by atoms with Gasteiger partial charge in [-0.05, 0) is 22.9 Å². The summed E-state index contributed by atoms with van der Waals surface area (Å²) in [5.41, 5.74) is -3.08. The highest BCUT2D eigenvalue weighted by Crippen LogP contribution is 2.37. The van der Waals surface area contributed by atoms with E-state index in [0.717, 1.165) is 22.2 Å². The summed E-state index contributed by atoms with van der Waals surface area (Å²) in [5, 5.41) is 2.32. The Morgan fingerprint density at radius 1 is 1.25 bits per heavy atom. The van der Waals surface area contributed by atoms with Crippen LogP contribution in [0.1, 0.15) is 25.3 Å². The lowest BCUT2D eigenvalue weighted by Gasteiger charge is -2.40. The summed E-state index contributed by atoms with van der Waals surface area (Å²) in [6.07, 6.45) is 3.53. The van der Waals surface area contributed by atoms with E-state index >= 15 is 0 Å². The number of hydrogen-bond acceptors (Lipinski definition) is 4. The number of alkyl halides is 3. The Morgan fingerprint density at radius 2 is 1.96 bits per heavy atom. The predicted molar refractivity (Wildman–Crippen MR) is 92.9 cm³/mol. The van der Waals surface area contributed by atoms with Crippen molar-refractivity contribution in [3.05, 3.63) is 29.2 Å². The molecule has 0 bridgehead atoms. The first kappa shape index (κ1) is 17.6. The maximum atomic E-state index is 12.3. The molecule has 3 nitrogen and oxygen atoms in total. The van der Waals surface area contributed by atoms with Gasteiger partial charge in [0.05, 0.1) is 0 Å². The summed E-state index contributed by atoms with van der Waals surface area (Å²) in [7, 11) is 0. The minimum Gasteiger partial charge on any atom is -0.355 e. The van der Waals surface area contributed by atoms with Crippen molar-refractivity contribution in [1.29, 1.82) is 0 Å². The zero-order valence-corrected chi connectivity index (χ0v) is 14.8. The molecule has 1 fully saturated rings. The van der Waals surface area contributed by atoms with Gasteiger partial charge in [0.1, 0.15) is 11.0 Å². The Kier molecular flexibility index (Phi) is 4.84. The molecule has 3 rings (SSSR count). The Morgan fingerprint density at radius 3 is 2.58 bits per heavy atom. The number of anilines is 1. The topological polar surface area (TPSA) is 29.0 Å². The Hall–Kier alpha value is -1.21. The minimum absolute atomic E-state index is 0.0264. The lowest BCUT2D eigenvalue weighted by molar-refractivity contribution is -0.0330. The molecule has 0 amide bonds. The van der Waals surface area contributed by atoms with Crippen molar-refractivity contribution < 1.29 is 13.2 Å². The standard InChI is InChI=1S/C16H17ClF3N3S/c1-9(2)12-4-22-15(13-5-21-14(17)3-11(12)13)23-6-10(7-23)8-24-16(18,19)20/h3-5,9-10H,6-8H2,1-2H3. The van der Waals surface area contributed by atoms with E-state index < -0.39 is 5.51 Å². The summed E-state index contributed by atoms with van der Waals surface area (Å²) < 4.78 is 36.8. The van der Waals surface area contributed by atoms with Crippen molar-refractivity contribution >= 4 is 40.0 Å². The third kappa shape index (κ3) is 3.72. The van der Waals surface area contributed by atoms with E-state index in [4.69, 9.17) is 11.6 Å². The van der Waals surface area contributed by atoms with Crippen LogP contribution in [0.5, 0.6) is 0 Å². The van der Waals surface area contributed by atoms with Crippen molar-refractivity contribution in [2.24, 2.45) is 5.92 Å². The maximum absolute atomic E-state index is 12.3. The third-order valence-corrected chi connectivity index (χ3v) is 5.28. The first-order chi connectivity index (χ1) is 11.2. The van der Waals surface area contributed by atoms with Crippen LogP contribution in [0.4, 0.5) is 19.0 Å². The average molecular weight is 376 g/mol. The largest absolute Gasteiger partial charge is 0.441 e. The molecule has 3 heterocycles. The zero-order chi connectivity index (χ0) is 17.5. The van der Waals surface area contributed by atoms with Crippen molar-refractivity contribution in [3.63, 3.8) is 0 Å². The fourth-order valence-electron chi connectivity index (χ4n) is 2.89. The Labute approximate surface area is 147 Å². The summed E-state index contributed by atoms with van der Waals surface area (Å²) in [4.78, 5) is 10.7. The Bertz CT molecular complexity index is 745. The van der Waals surface area contributed by atoms with Gasteiger partial charge in [-0.3, -0.25) is 0 Å². The van der Waals surface area contributed by atoms with E-state index in [1.807, 2.05) is 17.2 Å². The fraction of sp³-hybridized carbons (Fsp3) is 0.500. The van der Waals surface area contributed by atoms with Crippen molar-refractivity contribution in [2.45, 2.75) is 25.3 Å². The molecule has 0 radical (unpaired) electrons. The van der Waals surface area contributed by atoms with Crippen molar-refractivity contribution in [3.8, 4) is 0 Å². The lowest BCUT2D eigenvalue weighted by atomic mass is 9.97. The SMILES string of the molecule is CC(C)c1cnc(N2CC(CSC(F)(F)F)C2)c2cnc(Cl)cc12. The normalized spacial score (nSPS) is 16.0. The van der Waals surface area contributed by atoms with Crippen LogP contribution in [0, 0.1) is 5.92 Å². The number of aromatic nitrogens is 2. The second-order valence-electron chi connectivity index (χ2n) is 6.27.